The quantitative estimate of drug-likeness (QED) is 0.134. The van der Waals surface area contributed by atoms with Crippen LogP contribution in [0.1, 0.15) is 119 Å². The molecule has 20 rings (SSSR count). The highest BCUT2D eigenvalue weighted by Gasteiger charge is 2.48. The molecule has 6 heteroatoms. The molecule has 5 nitrogen and oxygen atoms in total. The van der Waals surface area contributed by atoms with Gasteiger partial charge in [0.1, 0.15) is 0 Å². The number of para-hydroxylation sites is 6. The smallest absolute Gasteiger partial charge is 0.254 e. The second-order valence-corrected chi connectivity index (χ2v) is 30.6. The van der Waals surface area contributed by atoms with Crippen molar-refractivity contribution >= 4 is 123 Å². The molecule has 0 radical (unpaired) electrons. The molecule has 2 aliphatic rings. The summed E-state index contributed by atoms with van der Waals surface area (Å²) in [6.07, 6.45) is 0. The molecule has 0 N–H and O–H groups in total. The highest BCUT2D eigenvalue weighted by atomic mass is 15.2. The van der Waals surface area contributed by atoms with Gasteiger partial charge in [-0.3, -0.25) is 0 Å². The van der Waals surface area contributed by atoms with Crippen molar-refractivity contribution in [2.75, 3.05) is 9.80 Å². The van der Waals surface area contributed by atoms with Gasteiger partial charge in [0.05, 0.1) is 89.9 Å². The van der Waals surface area contributed by atoms with Crippen molar-refractivity contribution < 1.29 is 39.8 Å². The van der Waals surface area contributed by atoms with Gasteiger partial charge >= 0.3 is 0 Å². The third-order valence-corrected chi connectivity index (χ3v) is 21.1. The number of nitrogens with zero attached hydrogens (tertiary/aromatic N) is 5. The molecule has 0 amide bonds. The normalized spacial score (nSPS) is 16.8. The molecule has 18 aromatic rings. The molecule has 0 saturated carbocycles. The molecule has 518 valence electrons. The Labute approximate surface area is 673 Å². The van der Waals surface area contributed by atoms with Crippen molar-refractivity contribution in [2.45, 2.75) is 78.6 Å². The highest BCUT2D eigenvalue weighted by Crippen LogP contribution is 2.56. The molecule has 0 aliphatic carbocycles. The van der Waals surface area contributed by atoms with E-state index in [1.807, 2.05) is 220 Å². The average Bonchev–Trinajstić information content (AvgIpc) is 1.35. The SMILES string of the molecule is [2H]c1c([2H])c(-n2c3c([2H])c([2H])c([2H])c([2H])c3c3c([2H])c([2H])c([2H])c([2H])c32)c([2H])c2c1B1c3c(cc(C(C)(C)C)cc3N(c3c(-c4ccccc4)cc(C(C)(C)C)cc3-c3ccccc3)c3c([2H])c(-n4c5c([2H])c([2H])c([2H])c([2H])c5c5c([2H])c([2H])c([2H])c([2H])c54)c([2H])c(-n4c5c([2H])c([2H])c([2H])c([2H])c5c5c([2H])c([2H])c([2H])c([2H])c54)c31)N2c1c(-c2ccccc2)cc(C(C)(C)C)cc1-c1ccccc1. The fourth-order valence-corrected chi connectivity index (χ4v) is 15.9. The molecule has 0 spiro atoms. The van der Waals surface area contributed by atoms with E-state index in [4.69, 9.17) is 0 Å². The summed E-state index contributed by atoms with van der Waals surface area (Å²) in [5.41, 5.74) is -2.63. The second-order valence-electron chi connectivity index (χ2n) is 30.6. The first kappa shape index (κ1) is 41.3. The predicted molar refractivity (Wildman–Crippen MR) is 461 cm³/mol. The third-order valence-electron chi connectivity index (χ3n) is 21.1. The fraction of sp³-hybridized carbons (Fsp3) is 0.118. The van der Waals surface area contributed by atoms with Crippen molar-refractivity contribution in [3.05, 3.63) is 350 Å². The Bertz CT molecular complexity index is 8140. The molecule has 0 saturated heterocycles. The highest BCUT2D eigenvalue weighted by molar-refractivity contribution is 7.01. The lowest BCUT2D eigenvalue weighted by Crippen LogP contribution is -2.62. The maximum atomic E-state index is 12.3. The molecule has 0 unspecified atom stereocenters. The summed E-state index contributed by atoms with van der Waals surface area (Å²) in [5, 5.41) is -2.97. The van der Waals surface area contributed by atoms with Gasteiger partial charge in [0, 0.05) is 88.7 Å². The fourth-order valence-electron chi connectivity index (χ4n) is 15.9. The lowest BCUT2D eigenvalue weighted by molar-refractivity contribution is 0.590. The van der Waals surface area contributed by atoms with E-state index in [1.54, 1.807) is 9.80 Å². The summed E-state index contributed by atoms with van der Waals surface area (Å²) in [6, 6.07) is 24.1. The molecule has 5 heterocycles. The summed E-state index contributed by atoms with van der Waals surface area (Å²) < 4.78 is 299. The number of hydrogen-bond acceptors (Lipinski definition) is 2. The lowest BCUT2D eigenvalue weighted by atomic mass is 9.33. The Hall–Kier alpha value is -12.6. The number of fused-ring (bicyclic) bond motifs is 13. The maximum Gasteiger partial charge on any atom is 0.254 e. The predicted octanol–water partition coefficient (Wildman–Crippen LogP) is 25.6. The van der Waals surface area contributed by atoms with Gasteiger partial charge in [-0.2, -0.15) is 0 Å². The largest absolute Gasteiger partial charge is 0.310 e. The third kappa shape index (κ3) is 10.1. The zero-order chi connectivity index (χ0) is 98.3. The van der Waals surface area contributed by atoms with Crippen LogP contribution in [0.2, 0.25) is 0 Å². The zero-order valence-corrected chi connectivity index (χ0v) is 60.3. The Morgan fingerprint density at radius 3 is 0.889 bits per heavy atom. The standard InChI is InChI=1S/C102H82BN5/c1-100(2,3)69-56-80(65-34-14-10-15-35-65)98(81(57-69)66-36-16-11-17-37-66)107-91-62-72(104-85-48-28-22-42-74(85)75-43-23-29-49-86(75)104)54-55-84(91)103-96-92(107)60-71(102(7,8)9)61-93(96)108(99-82(67-38-18-12-19-39-67)58-70(101(4,5)6)59-83(99)68-40-20-13-21-41-68)95-64-73(105-87-50-30-24-44-76(87)77-45-25-31-51-88(77)105)63-94(97(95)103)106-89-52-32-26-46-78(89)79-47-27-33-53-90(79)106/h10-64H,1-9H3/i22D,23D,24D,25D,26D,27D,28D,29D,30D,31D,32D,33D,42D,43D,44D,45D,46D,47D,48D,49D,50D,51D,52D,53D,54D,55D,62D,63D,64D. The van der Waals surface area contributed by atoms with Crippen LogP contribution < -0.4 is 26.2 Å². The van der Waals surface area contributed by atoms with E-state index in [0.717, 1.165) is 24.8 Å². The first-order chi connectivity index (χ1) is 64.6. The van der Waals surface area contributed by atoms with Crippen LogP contribution in [-0.2, 0) is 16.2 Å². The summed E-state index contributed by atoms with van der Waals surface area (Å²) in [7, 11) is 0. The summed E-state index contributed by atoms with van der Waals surface area (Å²) >= 11 is 0. The first-order valence-corrected chi connectivity index (χ1v) is 35.8. The zero-order valence-electron chi connectivity index (χ0n) is 89.3. The summed E-state index contributed by atoms with van der Waals surface area (Å²) in [6.45, 7) is 16.1. The van der Waals surface area contributed by atoms with Crippen LogP contribution in [-0.4, -0.2) is 20.4 Å². The average molecular weight is 1420 g/mol. The Kier molecular flexibility index (Phi) is 9.36. The molecule has 0 atom stereocenters. The molecular formula is C102H82BN5. The number of benzene rings is 15. The van der Waals surface area contributed by atoms with E-state index in [0.29, 0.717) is 50.1 Å². The number of anilines is 6. The lowest BCUT2D eigenvalue weighted by Gasteiger charge is -2.47. The number of aromatic nitrogens is 3. The molecular weight excluding hydrogens is 1310 g/mol. The molecule has 2 aliphatic heterocycles. The van der Waals surface area contributed by atoms with Crippen LogP contribution in [0.3, 0.4) is 0 Å². The Morgan fingerprint density at radius 1 is 0.269 bits per heavy atom. The minimum Gasteiger partial charge on any atom is -0.310 e. The van der Waals surface area contributed by atoms with Crippen LogP contribution in [0, 0.1) is 0 Å². The summed E-state index contributed by atoms with van der Waals surface area (Å²) in [4.78, 5) is 3.58. The van der Waals surface area contributed by atoms with Crippen LogP contribution in [0.5, 0.6) is 0 Å². The van der Waals surface area contributed by atoms with Gasteiger partial charge in [-0.05, 0) is 168 Å². The van der Waals surface area contributed by atoms with Crippen LogP contribution in [0.4, 0.5) is 34.1 Å². The van der Waals surface area contributed by atoms with Crippen LogP contribution >= 0.6 is 0 Å². The van der Waals surface area contributed by atoms with Gasteiger partial charge in [0.15, 0.2) is 0 Å². The maximum absolute atomic E-state index is 12.3. The van der Waals surface area contributed by atoms with Gasteiger partial charge in [-0.15, -0.1) is 0 Å². The van der Waals surface area contributed by atoms with Crippen molar-refractivity contribution in [3.8, 4) is 61.6 Å². The molecule has 108 heavy (non-hydrogen) atoms. The van der Waals surface area contributed by atoms with E-state index in [2.05, 4.69) is 0 Å². The number of hydrogen-bond donors (Lipinski definition) is 0. The number of rotatable bonds is 9. The van der Waals surface area contributed by atoms with E-state index in [-0.39, 0.29) is 44.8 Å². The van der Waals surface area contributed by atoms with Gasteiger partial charge in [0.2, 0.25) is 0 Å². The monoisotopic (exact) mass is 1420 g/mol. The van der Waals surface area contributed by atoms with Crippen molar-refractivity contribution in [3.63, 3.8) is 0 Å². The van der Waals surface area contributed by atoms with Gasteiger partial charge in [-0.25, -0.2) is 0 Å². The molecule has 0 fully saturated rings. The van der Waals surface area contributed by atoms with Crippen LogP contribution in [0.15, 0.2) is 333 Å². The van der Waals surface area contributed by atoms with E-state index < -0.39 is 286 Å². The van der Waals surface area contributed by atoms with Gasteiger partial charge < -0.3 is 23.5 Å². The van der Waals surface area contributed by atoms with Crippen molar-refractivity contribution in [1.29, 1.82) is 0 Å². The molecule has 3 aromatic heterocycles. The van der Waals surface area contributed by atoms with Crippen molar-refractivity contribution in [2.24, 2.45) is 0 Å². The Morgan fingerprint density at radius 2 is 0.546 bits per heavy atom. The minimum absolute atomic E-state index is 0.117. The molecule has 0 bridgehead atoms. The van der Waals surface area contributed by atoms with Crippen molar-refractivity contribution in [1.82, 2.24) is 13.7 Å². The topological polar surface area (TPSA) is 21.3 Å². The summed E-state index contributed by atoms with van der Waals surface area (Å²) in [5.74, 6) is 0. The van der Waals surface area contributed by atoms with E-state index >= 15 is 0 Å². The Balaban J connectivity index is 1.16. The van der Waals surface area contributed by atoms with E-state index in [1.165, 1.54) is 0 Å². The first-order valence-electron chi connectivity index (χ1n) is 50.3. The van der Waals surface area contributed by atoms with Gasteiger partial charge in [0.25, 0.3) is 6.71 Å². The van der Waals surface area contributed by atoms with E-state index in [9.17, 15) is 39.8 Å². The minimum atomic E-state index is -2.01. The van der Waals surface area contributed by atoms with Crippen LogP contribution in [0.25, 0.3) is 127 Å². The molecule has 15 aromatic carbocycles. The second kappa shape index (κ2) is 24.5. The van der Waals surface area contributed by atoms with Gasteiger partial charge in [-0.1, -0.05) is 298 Å².